The normalized spacial score (nSPS) is 17.9. The van der Waals surface area contributed by atoms with E-state index in [0.29, 0.717) is 25.3 Å². The minimum Gasteiger partial charge on any atom is -0.451 e. The third-order valence-corrected chi connectivity index (χ3v) is 7.31. The molecule has 1 aliphatic heterocycles. The van der Waals surface area contributed by atoms with Gasteiger partial charge in [-0.25, -0.2) is 13.2 Å². The SMILES string of the molecule is CCCN(C(=O)COC(=O)/C(C#N)=C/c1cc(C)n(CC(C)C)c1C)C1CCS(=O)(=O)C1. The second-order valence-corrected chi connectivity index (χ2v) is 10.9. The van der Waals surface area contributed by atoms with Gasteiger partial charge in [0.25, 0.3) is 5.91 Å². The van der Waals surface area contributed by atoms with Crippen molar-refractivity contribution in [1.29, 1.82) is 5.26 Å². The summed E-state index contributed by atoms with van der Waals surface area (Å²) in [6.07, 6.45) is 2.53. The van der Waals surface area contributed by atoms with E-state index in [-0.39, 0.29) is 17.1 Å². The molecule has 0 aliphatic carbocycles. The highest BCUT2D eigenvalue weighted by Gasteiger charge is 2.34. The highest BCUT2D eigenvalue weighted by Crippen LogP contribution is 2.21. The molecule has 2 heterocycles. The number of hydrogen-bond donors (Lipinski definition) is 0. The Morgan fingerprint density at radius 2 is 2.06 bits per heavy atom. The Morgan fingerprint density at radius 3 is 2.59 bits per heavy atom. The second kappa shape index (κ2) is 10.8. The molecule has 176 valence electrons. The van der Waals surface area contributed by atoms with Gasteiger partial charge in [0.15, 0.2) is 16.4 Å². The van der Waals surface area contributed by atoms with Crippen molar-refractivity contribution in [3.8, 4) is 6.07 Å². The fourth-order valence-electron chi connectivity index (χ4n) is 3.97. The Bertz CT molecular complexity index is 1030. The van der Waals surface area contributed by atoms with Gasteiger partial charge in [-0.3, -0.25) is 4.79 Å². The van der Waals surface area contributed by atoms with Crippen molar-refractivity contribution in [3.63, 3.8) is 0 Å². The van der Waals surface area contributed by atoms with Gasteiger partial charge in [0.1, 0.15) is 11.6 Å². The topological polar surface area (TPSA) is 109 Å². The number of hydrogen-bond acceptors (Lipinski definition) is 6. The van der Waals surface area contributed by atoms with E-state index >= 15 is 0 Å². The quantitative estimate of drug-likeness (QED) is 0.316. The smallest absolute Gasteiger partial charge is 0.349 e. The molecular weight excluding hydrogens is 430 g/mol. The molecule has 8 nitrogen and oxygen atoms in total. The molecule has 9 heteroatoms. The molecule has 0 saturated carbocycles. The van der Waals surface area contributed by atoms with Crippen LogP contribution in [0.25, 0.3) is 6.08 Å². The molecule has 1 fully saturated rings. The van der Waals surface area contributed by atoms with Crippen LogP contribution in [0.15, 0.2) is 11.6 Å². The van der Waals surface area contributed by atoms with Gasteiger partial charge >= 0.3 is 5.97 Å². The number of carbonyl (C=O) groups excluding carboxylic acids is 2. The van der Waals surface area contributed by atoms with Crippen LogP contribution < -0.4 is 0 Å². The van der Waals surface area contributed by atoms with Crippen molar-refractivity contribution in [2.45, 2.75) is 60.0 Å². The molecular formula is C23H33N3O5S. The summed E-state index contributed by atoms with van der Waals surface area (Å²) >= 11 is 0. The van der Waals surface area contributed by atoms with Crippen molar-refractivity contribution in [3.05, 3.63) is 28.6 Å². The van der Waals surface area contributed by atoms with Crippen LogP contribution in [0.3, 0.4) is 0 Å². The maximum Gasteiger partial charge on any atom is 0.349 e. The third-order valence-electron chi connectivity index (χ3n) is 5.56. The maximum atomic E-state index is 12.7. The summed E-state index contributed by atoms with van der Waals surface area (Å²) in [5.41, 5.74) is 2.55. The van der Waals surface area contributed by atoms with Crippen LogP contribution >= 0.6 is 0 Å². The molecule has 32 heavy (non-hydrogen) atoms. The highest BCUT2D eigenvalue weighted by atomic mass is 32.2. The van der Waals surface area contributed by atoms with E-state index < -0.39 is 34.4 Å². The van der Waals surface area contributed by atoms with Gasteiger partial charge in [-0.15, -0.1) is 0 Å². The zero-order valence-electron chi connectivity index (χ0n) is 19.6. The minimum atomic E-state index is -3.14. The van der Waals surface area contributed by atoms with Gasteiger partial charge in [0, 0.05) is 30.5 Å². The van der Waals surface area contributed by atoms with Gasteiger partial charge < -0.3 is 14.2 Å². The van der Waals surface area contributed by atoms with Crippen LogP contribution in [0.5, 0.6) is 0 Å². The fraction of sp³-hybridized carbons (Fsp3) is 0.609. The molecule has 0 N–H and O–H groups in total. The van der Waals surface area contributed by atoms with Gasteiger partial charge in [-0.1, -0.05) is 20.8 Å². The van der Waals surface area contributed by atoms with Crippen molar-refractivity contribution in [1.82, 2.24) is 9.47 Å². The largest absolute Gasteiger partial charge is 0.451 e. The monoisotopic (exact) mass is 463 g/mol. The average molecular weight is 464 g/mol. The van der Waals surface area contributed by atoms with Crippen LogP contribution in [-0.2, 0) is 30.7 Å². The molecule has 2 rings (SSSR count). The van der Waals surface area contributed by atoms with Crippen molar-refractivity contribution in [2.75, 3.05) is 24.7 Å². The maximum absolute atomic E-state index is 12.7. The van der Waals surface area contributed by atoms with Gasteiger partial charge in [-0.2, -0.15) is 5.26 Å². The van der Waals surface area contributed by atoms with E-state index in [2.05, 4.69) is 18.4 Å². The molecule has 1 aromatic heterocycles. The van der Waals surface area contributed by atoms with Gasteiger partial charge in [0.2, 0.25) is 0 Å². The number of sulfone groups is 1. The summed E-state index contributed by atoms with van der Waals surface area (Å²) in [5.74, 6) is -0.882. The summed E-state index contributed by atoms with van der Waals surface area (Å²) < 4.78 is 30.8. The number of aromatic nitrogens is 1. The van der Waals surface area contributed by atoms with Crippen LogP contribution in [0.2, 0.25) is 0 Å². The average Bonchev–Trinajstić information content (AvgIpc) is 3.21. The molecule has 1 saturated heterocycles. The third kappa shape index (κ3) is 6.45. The fourth-order valence-corrected chi connectivity index (χ4v) is 5.70. The highest BCUT2D eigenvalue weighted by molar-refractivity contribution is 7.91. The van der Waals surface area contributed by atoms with Crippen molar-refractivity contribution in [2.24, 2.45) is 5.92 Å². The Kier molecular flexibility index (Phi) is 8.67. The van der Waals surface area contributed by atoms with Crippen molar-refractivity contribution >= 4 is 27.8 Å². The first kappa shape index (κ1) is 25.7. The summed E-state index contributed by atoms with van der Waals surface area (Å²) in [6, 6.07) is 3.38. The summed E-state index contributed by atoms with van der Waals surface area (Å²) in [6.45, 7) is 10.7. The first-order valence-corrected chi connectivity index (χ1v) is 12.8. The lowest BCUT2D eigenvalue weighted by Gasteiger charge is -2.27. The molecule has 1 aromatic rings. The molecule has 1 amide bonds. The molecule has 0 aromatic carbocycles. The van der Waals surface area contributed by atoms with Crippen LogP contribution in [-0.4, -0.2) is 60.5 Å². The zero-order chi connectivity index (χ0) is 24.1. The lowest BCUT2D eigenvalue weighted by molar-refractivity contribution is -0.149. The van der Waals surface area contributed by atoms with Crippen LogP contribution in [0, 0.1) is 31.1 Å². The van der Waals surface area contributed by atoms with Crippen LogP contribution in [0.1, 0.15) is 50.6 Å². The number of rotatable bonds is 9. The summed E-state index contributed by atoms with van der Waals surface area (Å²) in [5, 5.41) is 9.47. The molecule has 0 radical (unpaired) electrons. The first-order chi connectivity index (χ1) is 15.0. The number of nitriles is 1. The predicted molar refractivity (Wildman–Crippen MR) is 122 cm³/mol. The standard InChI is InChI=1S/C23H33N3O5S/c1-6-8-25(21-7-9-32(29,30)15-21)22(27)14-31-23(28)20(12-24)11-19-10-17(4)26(18(19)5)13-16(2)3/h10-11,16,21H,6-9,13-15H2,1-5H3/b20-11+. The Balaban J connectivity index is 2.10. The minimum absolute atomic E-state index is 0.0570. The summed E-state index contributed by atoms with van der Waals surface area (Å²) in [7, 11) is -3.14. The lowest BCUT2D eigenvalue weighted by Crippen LogP contribution is -2.43. The number of amides is 1. The Hall–Kier alpha value is -2.60. The summed E-state index contributed by atoms with van der Waals surface area (Å²) in [4.78, 5) is 26.6. The number of esters is 1. The molecule has 1 aliphatic rings. The number of carbonyl (C=O) groups is 2. The van der Waals surface area contributed by atoms with Crippen LogP contribution in [0.4, 0.5) is 0 Å². The number of nitrogens with zero attached hydrogens (tertiary/aromatic N) is 3. The first-order valence-electron chi connectivity index (χ1n) is 10.9. The van der Waals surface area contributed by atoms with Crippen molar-refractivity contribution < 1.29 is 22.7 Å². The molecule has 0 spiro atoms. The van der Waals surface area contributed by atoms with E-state index in [0.717, 1.165) is 23.5 Å². The molecule has 0 bridgehead atoms. The zero-order valence-corrected chi connectivity index (χ0v) is 20.4. The Labute approximate surface area is 190 Å². The lowest BCUT2D eigenvalue weighted by atomic mass is 10.1. The van der Waals surface area contributed by atoms with E-state index in [4.69, 9.17) is 4.74 Å². The molecule has 1 atom stereocenters. The van der Waals surface area contributed by atoms with E-state index in [1.54, 1.807) is 0 Å². The van der Waals surface area contributed by atoms with E-state index in [1.165, 1.54) is 11.0 Å². The van der Waals surface area contributed by atoms with Gasteiger partial charge in [-0.05, 0) is 50.3 Å². The van der Waals surface area contributed by atoms with E-state index in [9.17, 15) is 23.3 Å². The number of ether oxygens (including phenoxy) is 1. The predicted octanol–water partition coefficient (Wildman–Crippen LogP) is 2.64. The number of aryl methyl sites for hydroxylation is 1. The molecule has 1 unspecified atom stereocenters. The Morgan fingerprint density at radius 1 is 1.38 bits per heavy atom. The second-order valence-electron chi connectivity index (χ2n) is 8.72. The van der Waals surface area contributed by atoms with E-state index in [1.807, 2.05) is 32.9 Å². The van der Waals surface area contributed by atoms with Gasteiger partial charge in [0.05, 0.1) is 11.5 Å².